The summed E-state index contributed by atoms with van der Waals surface area (Å²) in [7, 11) is 0. The molecular formula is C17H17Cl2N3O2. The van der Waals surface area contributed by atoms with Crippen molar-refractivity contribution in [2.45, 2.75) is 18.9 Å². The summed E-state index contributed by atoms with van der Waals surface area (Å²) in [6, 6.07) is 6.63. The molecule has 7 heteroatoms. The van der Waals surface area contributed by atoms with Gasteiger partial charge in [0.25, 0.3) is 5.91 Å². The summed E-state index contributed by atoms with van der Waals surface area (Å²) in [6.45, 7) is 1.52. The molecule has 0 bridgehead atoms. The lowest BCUT2D eigenvalue weighted by Gasteiger charge is -2.12. The third-order valence-corrected chi connectivity index (χ3v) is 4.12. The lowest BCUT2D eigenvalue weighted by atomic mass is 10.2. The maximum absolute atomic E-state index is 12.4. The highest BCUT2D eigenvalue weighted by molar-refractivity contribution is 6.35. The Morgan fingerprint density at radius 1 is 1.17 bits per heavy atom. The lowest BCUT2D eigenvalue weighted by molar-refractivity contribution is 0.102. The normalized spacial score (nSPS) is 16.8. The van der Waals surface area contributed by atoms with Crippen LogP contribution in [-0.4, -0.2) is 30.1 Å². The fraction of sp³-hybridized carbons (Fsp3) is 0.294. The fourth-order valence-electron chi connectivity index (χ4n) is 2.53. The van der Waals surface area contributed by atoms with Gasteiger partial charge in [-0.15, -0.1) is 0 Å². The number of pyridine rings is 1. The maximum Gasteiger partial charge on any atom is 0.257 e. The van der Waals surface area contributed by atoms with Gasteiger partial charge >= 0.3 is 0 Å². The molecule has 1 aromatic heterocycles. The summed E-state index contributed by atoms with van der Waals surface area (Å²) in [4.78, 5) is 16.5. The first-order valence-corrected chi connectivity index (χ1v) is 8.44. The van der Waals surface area contributed by atoms with Gasteiger partial charge in [0.2, 0.25) is 0 Å². The fourth-order valence-corrected chi connectivity index (χ4v) is 3.05. The standard InChI is InChI=1S/C17H17Cl2N3O2/c18-12-5-13(19)7-14(6-12)22-17(23)11-4-15(9-20-8-11)21-10-16-2-1-3-24-16/h4-9,16,21H,1-3,10H2,(H,22,23). The van der Waals surface area contributed by atoms with E-state index in [9.17, 15) is 4.79 Å². The van der Waals surface area contributed by atoms with Gasteiger partial charge in [-0.1, -0.05) is 23.2 Å². The van der Waals surface area contributed by atoms with E-state index >= 15 is 0 Å². The van der Waals surface area contributed by atoms with Crippen molar-refractivity contribution >= 4 is 40.5 Å². The Labute approximate surface area is 150 Å². The second kappa shape index (κ2) is 7.83. The van der Waals surface area contributed by atoms with Gasteiger partial charge in [-0.25, -0.2) is 0 Å². The average molecular weight is 366 g/mol. The van der Waals surface area contributed by atoms with Crippen molar-refractivity contribution in [2.24, 2.45) is 0 Å². The maximum atomic E-state index is 12.4. The molecule has 1 fully saturated rings. The zero-order chi connectivity index (χ0) is 16.9. The molecule has 126 valence electrons. The van der Waals surface area contributed by atoms with Crippen LogP contribution in [0.25, 0.3) is 0 Å². The molecule has 5 nitrogen and oxygen atoms in total. The smallest absolute Gasteiger partial charge is 0.257 e. The summed E-state index contributed by atoms with van der Waals surface area (Å²) >= 11 is 11.9. The van der Waals surface area contributed by atoms with E-state index in [0.717, 1.165) is 25.1 Å². The molecule has 0 radical (unpaired) electrons. The van der Waals surface area contributed by atoms with Gasteiger partial charge in [0.1, 0.15) is 0 Å². The van der Waals surface area contributed by atoms with Crippen LogP contribution in [-0.2, 0) is 4.74 Å². The predicted molar refractivity (Wildman–Crippen MR) is 96.1 cm³/mol. The molecule has 2 N–H and O–H groups in total. The van der Waals surface area contributed by atoms with E-state index in [1.54, 1.807) is 30.5 Å². The van der Waals surface area contributed by atoms with E-state index < -0.39 is 0 Å². The Bertz CT molecular complexity index is 713. The number of hydrogen-bond acceptors (Lipinski definition) is 4. The van der Waals surface area contributed by atoms with Crippen LogP contribution in [0.4, 0.5) is 11.4 Å². The monoisotopic (exact) mass is 365 g/mol. The predicted octanol–water partition coefficient (Wildman–Crippen LogP) is 4.23. The van der Waals surface area contributed by atoms with Crippen LogP contribution in [0, 0.1) is 0 Å². The van der Waals surface area contributed by atoms with Gasteiger partial charge in [0.15, 0.2) is 0 Å². The summed E-state index contributed by atoms with van der Waals surface area (Å²) in [6.07, 6.45) is 5.56. The minimum atomic E-state index is -0.276. The molecule has 0 spiro atoms. The van der Waals surface area contributed by atoms with Crippen LogP contribution in [0.2, 0.25) is 10.0 Å². The molecule has 1 unspecified atom stereocenters. The summed E-state index contributed by atoms with van der Waals surface area (Å²) < 4.78 is 5.57. The number of nitrogens with zero attached hydrogens (tertiary/aromatic N) is 1. The lowest BCUT2D eigenvalue weighted by Crippen LogP contribution is -2.19. The molecular weight excluding hydrogens is 349 g/mol. The number of hydrogen-bond donors (Lipinski definition) is 2. The van der Waals surface area contributed by atoms with Crippen LogP contribution in [0.1, 0.15) is 23.2 Å². The van der Waals surface area contributed by atoms with Crippen molar-refractivity contribution in [1.82, 2.24) is 4.98 Å². The van der Waals surface area contributed by atoms with Crippen LogP contribution in [0.15, 0.2) is 36.7 Å². The van der Waals surface area contributed by atoms with Crippen molar-refractivity contribution in [1.29, 1.82) is 0 Å². The molecule has 1 amide bonds. The van der Waals surface area contributed by atoms with E-state index in [0.29, 0.717) is 27.8 Å². The van der Waals surface area contributed by atoms with Crippen molar-refractivity contribution < 1.29 is 9.53 Å². The number of aromatic nitrogens is 1. The zero-order valence-corrected chi connectivity index (χ0v) is 14.4. The molecule has 1 atom stereocenters. The molecule has 2 heterocycles. The van der Waals surface area contributed by atoms with Crippen molar-refractivity contribution in [2.75, 3.05) is 23.8 Å². The first-order chi connectivity index (χ1) is 11.6. The molecule has 0 saturated carbocycles. The molecule has 1 aromatic carbocycles. The quantitative estimate of drug-likeness (QED) is 0.831. The minimum absolute atomic E-state index is 0.219. The van der Waals surface area contributed by atoms with Gasteiger partial charge in [-0.3, -0.25) is 9.78 Å². The third-order valence-electron chi connectivity index (χ3n) is 3.68. The van der Waals surface area contributed by atoms with Crippen LogP contribution >= 0.6 is 23.2 Å². The number of carbonyl (C=O) groups is 1. The van der Waals surface area contributed by atoms with E-state index in [1.165, 1.54) is 6.20 Å². The Hall–Kier alpha value is -1.82. The molecule has 0 aliphatic carbocycles. The first kappa shape index (κ1) is 17.0. The SMILES string of the molecule is O=C(Nc1cc(Cl)cc(Cl)c1)c1cncc(NCC2CCCO2)c1. The van der Waals surface area contributed by atoms with Gasteiger partial charge in [0.05, 0.1) is 17.4 Å². The average Bonchev–Trinajstić information content (AvgIpc) is 3.05. The molecule has 3 rings (SSSR count). The molecule has 1 saturated heterocycles. The highest BCUT2D eigenvalue weighted by atomic mass is 35.5. The van der Waals surface area contributed by atoms with Gasteiger partial charge in [-0.05, 0) is 37.1 Å². The zero-order valence-electron chi connectivity index (χ0n) is 12.9. The number of nitrogens with one attached hydrogen (secondary N) is 2. The summed E-state index contributed by atoms with van der Waals surface area (Å²) in [5.74, 6) is -0.276. The van der Waals surface area contributed by atoms with Crippen molar-refractivity contribution in [3.8, 4) is 0 Å². The number of anilines is 2. The molecule has 24 heavy (non-hydrogen) atoms. The Morgan fingerprint density at radius 3 is 2.67 bits per heavy atom. The minimum Gasteiger partial charge on any atom is -0.381 e. The second-order valence-electron chi connectivity index (χ2n) is 5.59. The van der Waals surface area contributed by atoms with E-state index in [1.807, 2.05) is 0 Å². The topological polar surface area (TPSA) is 63.2 Å². The number of carbonyl (C=O) groups excluding carboxylic acids is 1. The largest absolute Gasteiger partial charge is 0.381 e. The van der Waals surface area contributed by atoms with Crippen LogP contribution in [0.3, 0.4) is 0 Å². The van der Waals surface area contributed by atoms with Crippen LogP contribution < -0.4 is 10.6 Å². The number of benzene rings is 1. The Balaban J connectivity index is 1.64. The Kier molecular flexibility index (Phi) is 5.56. The highest BCUT2D eigenvalue weighted by Gasteiger charge is 2.15. The third kappa shape index (κ3) is 4.60. The van der Waals surface area contributed by atoms with Crippen molar-refractivity contribution in [3.63, 3.8) is 0 Å². The Morgan fingerprint density at radius 2 is 1.96 bits per heavy atom. The van der Waals surface area contributed by atoms with Gasteiger partial charge < -0.3 is 15.4 Å². The summed E-state index contributed by atoms with van der Waals surface area (Å²) in [5, 5.41) is 6.94. The van der Waals surface area contributed by atoms with Crippen LogP contribution in [0.5, 0.6) is 0 Å². The van der Waals surface area contributed by atoms with Crippen molar-refractivity contribution in [3.05, 3.63) is 52.3 Å². The number of ether oxygens (including phenoxy) is 1. The number of amides is 1. The van der Waals surface area contributed by atoms with E-state index in [-0.39, 0.29) is 12.0 Å². The molecule has 2 aromatic rings. The second-order valence-corrected chi connectivity index (χ2v) is 6.46. The number of rotatable bonds is 5. The molecule has 1 aliphatic rings. The first-order valence-electron chi connectivity index (χ1n) is 7.68. The summed E-state index contributed by atoms with van der Waals surface area (Å²) in [5.41, 5.74) is 1.76. The van der Waals surface area contributed by atoms with Gasteiger partial charge in [-0.2, -0.15) is 0 Å². The van der Waals surface area contributed by atoms with Gasteiger partial charge in [0, 0.05) is 41.3 Å². The molecule has 1 aliphatic heterocycles. The van der Waals surface area contributed by atoms with E-state index in [2.05, 4.69) is 15.6 Å². The highest BCUT2D eigenvalue weighted by Crippen LogP contribution is 2.23. The number of halogens is 2. The van der Waals surface area contributed by atoms with E-state index in [4.69, 9.17) is 27.9 Å².